The van der Waals surface area contributed by atoms with Crippen molar-refractivity contribution in [2.45, 2.75) is 58.8 Å². The predicted molar refractivity (Wildman–Crippen MR) is 78.6 cm³/mol. The lowest BCUT2D eigenvalue weighted by Crippen LogP contribution is -2.47. The number of piperidine rings is 1. The van der Waals surface area contributed by atoms with Gasteiger partial charge in [0.25, 0.3) is 0 Å². The monoisotopic (exact) mass is 252 g/mol. The fourth-order valence-corrected chi connectivity index (χ4v) is 3.87. The van der Waals surface area contributed by atoms with Gasteiger partial charge in [0.15, 0.2) is 0 Å². The molecule has 0 aromatic heterocycles. The molecule has 2 aliphatic rings. The zero-order valence-electron chi connectivity index (χ0n) is 12.5. The SMILES string of the molecule is CC1CCN(CC2(CN)CCCCCC2)CC1C. The van der Waals surface area contributed by atoms with Crippen LogP contribution in [-0.2, 0) is 0 Å². The third-order valence-corrected chi connectivity index (χ3v) is 5.57. The summed E-state index contributed by atoms with van der Waals surface area (Å²) in [4.78, 5) is 2.71. The maximum absolute atomic E-state index is 6.16. The Hall–Kier alpha value is -0.0800. The van der Waals surface area contributed by atoms with Gasteiger partial charge in [0, 0.05) is 13.1 Å². The standard InChI is InChI=1S/C16H32N2/c1-14-7-10-18(11-15(14)2)13-16(12-17)8-5-3-4-6-9-16/h14-15H,3-13,17H2,1-2H3. The number of nitrogens with two attached hydrogens (primary N) is 1. The van der Waals surface area contributed by atoms with Crippen molar-refractivity contribution in [2.75, 3.05) is 26.2 Å². The summed E-state index contributed by atoms with van der Waals surface area (Å²) in [5, 5.41) is 0. The first-order valence-electron chi connectivity index (χ1n) is 8.08. The second kappa shape index (κ2) is 6.38. The molecule has 0 aromatic carbocycles. The predicted octanol–water partition coefficient (Wildman–Crippen LogP) is 3.26. The molecule has 0 amide bonds. The average molecular weight is 252 g/mol. The first-order chi connectivity index (χ1) is 8.65. The minimum absolute atomic E-state index is 0.441. The van der Waals surface area contributed by atoms with Crippen molar-refractivity contribution in [1.82, 2.24) is 4.90 Å². The van der Waals surface area contributed by atoms with Crippen LogP contribution in [0.2, 0.25) is 0 Å². The Balaban J connectivity index is 1.92. The van der Waals surface area contributed by atoms with Gasteiger partial charge in [-0.25, -0.2) is 0 Å². The molecule has 106 valence electrons. The number of hydrogen-bond acceptors (Lipinski definition) is 2. The molecular weight excluding hydrogens is 220 g/mol. The highest BCUT2D eigenvalue weighted by molar-refractivity contribution is 4.88. The Morgan fingerprint density at radius 2 is 1.72 bits per heavy atom. The minimum atomic E-state index is 0.441. The topological polar surface area (TPSA) is 29.3 Å². The molecule has 18 heavy (non-hydrogen) atoms. The molecule has 2 nitrogen and oxygen atoms in total. The molecule has 1 saturated heterocycles. The van der Waals surface area contributed by atoms with Crippen LogP contribution < -0.4 is 5.73 Å². The quantitative estimate of drug-likeness (QED) is 0.781. The molecule has 2 rings (SSSR count). The van der Waals surface area contributed by atoms with E-state index in [1.165, 1.54) is 64.6 Å². The van der Waals surface area contributed by atoms with Crippen LogP contribution in [0.15, 0.2) is 0 Å². The maximum atomic E-state index is 6.16. The van der Waals surface area contributed by atoms with Crippen molar-refractivity contribution in [2.24, 2.45) is 23.0 Å². The van der Waals surface area contributed by atoms with Gasteiger partial charge in [-0.15, -0.1) is 0 Å². The Bertz CT molecular complexity index is 243. The van der Waals surface area contributed by atoms with Gasteiger partial charge >= 0.3 is 0 Å². The van der Waals surface area contributed by atoms with Crippen molar-refractivity contribution in [3.8, 4) is 0 Å². The summed E-state index contributed by atoms with van der Waals surface area (Å²) in [6.45, 7) is 9.58. The second-order valence-electron chi connectivity index (χ2n) is 7.10. The minimum Gasteiger partial charge on any atom is -0.330 e. The molecular formula is C16H32N2. The number of rotatable bonds is 3. The lowest BCUT2D eigenvalue weighted by atomic mass is 9.78. The van der Waals surface area contributed by atoms with E-state index >= 15 is 0 Å². The number of hydrogen-bond donors (Lipinski definition) is 1. The van der Waals surface area contributed by atoms with Gasteiger partial charge < -0.3 is 10.6 Å². The summed E-state index contributed by atoms with van der Waals surface area (Å²) >= 11 is 0. The molecule has 0 aromatic rings. The van der Waals surface area contributed by atoms with E-state index in [9.17, 15) is 0 Å². The fraction of sp³-hybridized carbons (Fsp3) is 1.00. The van der Waals surface area contributed by atoms with Gasteiger partial charge in [0.2, 0.25) is 0 Å². The zero-order chi connectivity index (χ0) is 13.0. The maximum Gasteiger partial charge on any atom is 0.00502 e. The van der Waals surface area contributed by atoms with E-state index in [1.54, 1.807) is 0 Å². The first kappa shape index (κ1) is 14.3. The van der Waals surface area contributed by atoms with Crippen LogP contribution in [0.5, 0.6) is 0 Å². The van der Waals surface area contributed by atoms with Crippen LogP contribution in [0.4, 0.5) is 0 Å². The van der Waals surface area contributed by atoms with Crippen molar-refractivity contribution >= 4 is 0 Å². The van der Waals surface area contributed by atoms with Crippen LogP contribution in [0.25, 0.3) is 0 Å². The van der Waals surface area contributed by atoms with Crippen LogP contribution >= 0.6 is 0 Å². The third-order valence-electron chi connectivity index (χ3n) is 5.57. The van der Waals surface area contributed by atoms with Crippen LogP contribution in [0.1, 0.15) is 58.8 Å². The summed E-state index contributed by atoms with van der Waals surface area (Å²) in [6.07, 6.45) is 9.76. The van der Waals surface area contributed by atoms with E-state index in [0.717, 1.165) is 18.4 Å². The van der Waals surface area contributed by atoms with Crippen molar-refractivity contribution in [3.63, 3.8) is 0 Å². The molecule has 2 atom stereocenters. The molecule has 0 bridgehead atoms. The first-order valence-corrected chi connectivity index (χ1v) is 8.08. The third kappa shape index (κ3) is 3.48. The average Bonchev–Trinajstić information content (AvgIpc) is 2.60. The van der Waals surface area contributed by atoms with E-state index in [-0.39, 0.29) is 0 Å². The highest BCUT2D eigenvalue weighted by Gasteiger charge is 2.33. The molecule has 0 radical (unpaired) electrons. The van der Waals surface area contributed by atoms with Gasteiger partial charge in [0.1, 0.15) is 0 Å². The zero-order valence-corrected chi connectivity index (χ0v) is 12.5. The highest BCUT2D eigenvalue weighted by Crippen LogP contribution is 2.36. The van der Waals surface area contributed by atoms with Crippen LogP contribution in [0, 0.1) is 17.3 Å². The molecule has 1 heterocycles. The fourth-order valence-electron chi connectivity index (χ4n) is 3.87. The smallest absolute Gasteiger partial charge is 0.00502 e. The summed E-state index contributed by atoms with van der Waals surface area (Å²) in [6, 6.07) is 0. The Labute approximate surface area is 113 Å². The largest absolute Gasteiger partial charge is 0.330 e. The van der Waals surface area contributed by atoms with E-state index in [0.29, 0.717) is 5.41 Å². The molecule has 2 N–H and O–H groups in total. The Morgan fingerprint density at radius 3 is 2.28 bits per heavy atom. The van der Waals surface area contributed by atoms with E-state index in [1.807, 2.05) is 0 Å². The Kier molecular flexibility index (Phi) is 5.08. The summed E-state index contributed by atoms with van der Waals surface area (Å²) in [5.41, 5.74) is 6.60. The lowest BCUT2D eigenvalue weighted by Gasteiger charge is -2.42. The number of likely N-dealkylation sites (tertiary alicyclic amines) is 1. The van der Waals surface area contributed by atoms with E-state index < -0.39 is 0 Å². The van der Waals surface area contributed by atoms with Gasteiger partial charge in [-0.3, -0.25) is 0 Å². The van der Waals surface area contributed by atoms with Gasteiger partial charge in [-0.05, 0) is 49.6 Å². The summed E-state index contributed by atoms with van der Waals surface area (Å²) < 4.78 is 0. The van der Waals surface area contributed by atoms with Gasteiger partial charge in [-0.2, -0.15) is 0 Å². The van der Waals surface area contributed by atoms with Crippen molar-refractivity contribution in [3.05, 3.63) is 0 Å². The van der Waals surface area contributed by atoms with E-state index in [2.05, 4.69) is 18.7 Å². The molecule has 1 aliphatic carbocycles. The van der Waals surface area contributed by atoms with Crippen LogP contribution in [0.3, 0.4) is 0 Å². The molecule has 2 fully saturated rings. The van der Waals surface area contributed by atoms with Gasteiger partial charge in [-0.1, -0.05) is 39.5 Å². The normalized spacial score (nSPS) is 34.2. The highest BCUT2D eigenvalue weighted by atomic mass is 15.1. The van der Waals surface area contributed by atoms with Crippen molar-refractivity contribution in [1.29, 1.82) is 0 Å². The molecule has 1 saturated carbocycles. The molecule has 2 unspecified atom stereocenters. The van der Waals surface area contributed by atoms with Crippen LogP contribution in [-0.4, -0.2) is 31.1 Å². The summed E-state index contributed by atoms with van der Waals surface area (Å²) in [5.74, 6) is 1.77. The second-order valence-corrected chi connectivity index (χ2v) is 7.10. The van der Waals surface area contributed by atoms with E-state index in [4.69, 9.17) is 5.73 Å². The summed E-state index contributed by atoms with van der Waals surface area (Å²) in [7, 11) is 0. The Morgan fingerprint density at radius 1 is 1.06 bits per heavy atom. The molecule has 2 heteroatoms. The van der Waals surface area contributed by atoms with Crippen molar-refractivity contribution < 1.29 is 0 Å². The number of nitrogens with zero attached hydrogens (tertiary/aromatic N) is 1. The van der Waals surface area contributed by atoms with Gasteiger partial charge in [0.05, 0.1) is 0 Å². The lowest BCUT2D eigenvalue weighted by molar-refractivity contribution is 0.0770. The molecule has 0 spiro atoms. The molecule has 1 aliphatic heterocycles.